The summed E-state index contributed by atoms with van der Waals surface area (Å²) in [6, 6.07) is 7.77. The summed E-state index contributed by atoms with van der Waals surface area (Å²) in [7, 11) is -1.16. The Kier molecular flexibility index (Phi) is 6.21. The highest BCUT2D eigenvalue weighted by atomic mass is 32.2. The zero-order chi connectivity index (χ0) is 15.3. The van der Waals surface area contributed by atoms with Gasteiger partial charge >= 0.3 is 0 Å². The van der Waals surface area contributed by atoms with E-state index in [2.05, 4.69) is 26.1 Å². The van der Waals surface area contributed by atoms with Crippen LogP contribution in [0.1, 0.15) is 45.6 Å². The van der Waals surface area contributed by atoms with E-state index in [0.29, 0.717) is 29.2 Å². The lowest BCUT2D eigenvalue weighted by atomic mass is 9.83. The van der Waals surface area contributed by atoms with E-state index in [1.807, 2.05) is 26.1 Å². The molecular formula is C16H27NO2S. The first kappa shape index (κ1) is 17.2. The number of nitrogens with one attached hydrogen (secondary N) is 1. The Balaban J connectivity index is 3.06. The maximum absolute atomic E-state index is 12.0. The van der Waals surface area contributed by atoms with Crippen molar-refractivity contribution in [2.24, 2.45) is 5.92 Å². The molecular weight excluding hydrogens is 270 g/mol. The zero-order valence-electron chi connectivity index (χ0n) is 13.2. The third-order valence-corrected chi connectivity index (χ3v) is 5.75. The summed E-state index contributed by atoms with van der Waals surface area (Å²) in [6.07, 6.45) is 0.648. The maximum atomic E-state index is 12.0. The average Bonchev–Trinajstić information content (AvgIpc) is 2.38. The smallest absolute Gasteiger partial charge is 0.178 e. The second-order valence-corrected chi connectivity index (χ2v) is 7.84. The van der Waals surface area contributed by atoms with Crippen molar-refractivity contribution >= 4 is 9.84 Å². The lowest BCUT2D eigenvalue weighted by molar-refractivity contribution is 0.395. The molecule has 0 heterocycles. The van der Waals surface area contributed by atoms with E-state index in [0.717, 1.165) is 0 Å². The van der Waals surface area contributed by atoms with Crippen LogP contribution in [-0.4, -0.2) is 27.3 Å². The van der Waals surface area contributed by atoms with E-state index < -0.39 is 9.84 Å². The van der Waals surface area contributed by atoms with Gasteiger partial charge in [0.05, 0.1) is 10.6 Å². The molecule has 0 spiro atoms. The highest BCUT2D eigenvalue weighted by Crippen LogP contribution is 2.28. The van der Waals surface area contributed by atoms with Crippen LogP contribution in [0.5, 0.6) is 0 Å². The Morgan fingerprint density at radius 3 is 2.05 bits per heavy atom. The van der Waals surface area contributed by atoms with Crippen LogP contribution in [0.3, 0.4) is 0 Å². The number of likely N-dealkylation sites (N-methyl/N-ethyl adjacent to an activating group) is 1. The Labute approximate surface area is 123 Å². The van der Waals surface area contributed by atoms with E-state index in [1.54, 1.807) is 12.1 Å². The Morgan fingerprint density at radius 1 is 1.10 bits per heavy atom. The molecule has 0 radical (unpaired) electrons. The summed E-state index contributed by atoms with van der Waals surface area (Å²) in [5.41, 5.74) is 1.19. The molecule has 2 unspecified atom stereocenters. The van der Waals surface area contributed by atoms with Gasteiger partial charge < -0.3 is 5.32 Å². The predicted molar refractivity (Wildman–Crippen MR) is 84.9 cm³/mol. The molecule has 1 aromatic carbocycles. The first-order valence-corrected chi connectivity index (χ1v) is 8.98. The molecule has 0 aliphatic heterocycles. The van der Waals surface area contributed by atoms with Gasteiger partial charge in [-0.1, -0.05) is 32.9 Å². The summed E-state index contributed by atoms with van der Waals surface area (Å²) >= 11 is 0. The number of rotatable bonds is 7. The second kappa shape index (κ2) is 7.23. The van der Waals surface area contributed by atoms with Crippen molar-refractivity contribution in [3.63, 3.8) is 0 Å². The minimum absolute atomic E-state index is 0.215. The fourth-order valence-corrected chi connectivity index (χ4v) is 4.04. The van der Waals surface area contributed by atoms with Crippen LogP contribution in [0, 0.1) is 5.92 Å². The van der Waals surface area contributed by atoms with Crippen molar-refractivity contribution < 1.29 is 8.42 Å². The van der Waals surface area contributed by atoms with E-state index in [9.17, 15) is 8.42 Å². The van der Waals surface area contributed by atoms with Gasteiger partial charge in [0.25, 0.3) is 0 Å². The molecule has 0 amide bonds. The average molecular weight is 297 g/mol. The monoisotopic (exact) mass is 297 g/mol. The van der Waals surface area contributed by atoms with Crippen molar-refractivity contribution in [1.29, 1.82) is 0 Å². The molecule has 1 N–H and O–H groups in total. The van der Waals surface area contributed by atoms with Crippen LogP contribution < -0.4 is 5.32 Å². The normalized spacial score (nSPS) is 15.3. The van der Waals surface area contributed by atoms with Gasteiger partial charge in [-0.05, 0) is 44.0 Å². The van der Waals surface area contributed by atoms with E-state index >= 15 is 0 Å². The molecule has 1 rings (SSSR count). The molecule has 114 valence electrons. The van der Waals surface area contributed by atoms with Crippen molar-refractivity contribution in [2.75, 3.05) is 12.8 Å². The van der Waals surface area contributed by atoms with Crippen LogP contribution in [-0.2, 0) is 9.84 Å². The molecule has 4 heteroatoms. The summed E-state index contributed by atoms with van der Waals surface area (Å²) < 4.78 is 24.0. The molecule has 0 aromatic heterocycles. The van der Waals surface area contributed by atoms with E-state index in [4.69, 9.17) is 0 Å². The first-order chi connectivity index (χ1) is 9.33. The molecule has 0 aliphatic carbocycles. The van der Waals surface area contributed by atoms with E-state index in [-0.39, 0.29) is 5.75 Å². The van der Waals surface area contributed by atoms with Gasteiger partial charge in [0.1, 0.15) is 0 Å². The third-order valence-electron chi connectivity index (χ3n) is 3.81. The number of hydrogen-bond donors (Lipinski definition) is 1. The quantitative estimate of drug-likeness (QED) is 0.840. The first-order valence-electron chi connectivity index (χ1n) is 7.33. The lowest BCUT2D eigenvalue weighted by Crippen LogP contribution is -2.31. The fraction of sp³-hybridized carbons (Fsp3) is 0.625. The molecule has 2 atom stereocenters. The largest absolute Gasteiger partial charge is 0.317 e. The molecule has 0 bridgehead atoms. The van der Waals surface area contributed by atoms with Crippen LogP contribution in [0.2, 0.25) is 0 Å². The maximum Gasteiger partial charge on any atom is 0.178 e. The summed E-state index contributed by atoms with van der Waals surface area (Å²) in [6.45, 7) is 8.43. The van der Waals surface area contributed by atoms with Gasteiger partial charge in [-0.15, -0.1) is 0 Å². The van der Waals surface area contributed by atoms with Crippen molar-refractivity contribution in [3.05, 3.63) is 29.8 Å². The highest BCUT2D eigenvalue weighted by molar-refractivity contribution is 7.91. The molecule has 1 aromatic rings. The van der Waals surface area contributed by atoms with Crippen LogP contribution in [0.15, 0.2) is 29.2 Å². The molecule has 0 saturated carbocycles. The lowest BCUT2D eigenvalue weighted by Gasteiger charge is -2.27. The van der Waals surface area contributed by atoms with Gasteiger partial charge in [-0.2, -0.15) is 0 Å². The van der Waals surface area contributed by atoms with Gasteiger partial charge in [-0.25, -0.2) is 8.42 Å². The Morgan fingerprint density at radius 2 is 1.65 bits per heavy atom. The molecule has 0 saturated heterocycles. The Hall–Kier alpha value is -0.870. The van der Waals surface area contributed by atoms with Crippen LogP contribution in [0.4, 0.5) is 0 Å². The second-order valence-electron chi connectivity index (χ2n) is 5.74. The zero-order valence-corrected chi connectivity index (χ0v) is 14.0. The van der Waals surface area contributed by atoms with Crippen molar-refractivity contribution in [3.8, 4) is 0 Å². The molecule has 0 aliphatic rings. The van der Waals surface area contributed by atoms with E-state index in [1.165, 1.54) is 5.56 Å². The topological polar surface area (TPSA) is 46.2 Å². The summed E-state index contributed by atoms with van der Waals surface area (Å²) in [4.78, 5) is 0.433. The van der Waals surface area contributed by atoms with Gasteiger partial charge in [0, 0.05) is 12.0 Å². The Bertz CT molecular complexity index is 506. The third kappa shape index (κ3) is 4.06. The predicted octanol–water partition coefficient (Wildman–Crippen LogP) is 3.22. The van der Waals surface area contributed by atoms with Crippen molar-refractivity contribution in [2.45, 2.75) is 51.0 Å². The van der Waals surface area contributed by atoms with Crippen LogP contribution in [0.25, 0.3) is 0 Å². The molecule has 3 nitrogen and oxygen atoms in total. The fourth-order valence-electron chi connectivity index (χ4n) is 2.71. The summed E-state index contributed by atoms with van der Waals surface area (Å²) in [5, 5.41) is 3.29. The highest BCUT2D eigenvalue weighted by Gasteiger charge is 2.22. The molecule has 0 fully saturated rings. The SMILES string of the molecule is CCCS(=O)(=O)c1ccc(C(C(C)C)C(C)NC)cc1. The standard InChI is InChI=1S/C16H27NO2S/c1-6-11-20(18,19)15-9-7-14(8-10-15)16(12(2)3)13(4)17-5/h7-10,12-13,16-17H,6,11H2,1-5H3. The summed E-state index contributed by atoms with van der Waals surface area (Å²) in [5.74, 6) is 1.09. The van der Waals surface area contributed by atoms with Gasteiger partial charge in [0.2, 0.25) is 0 Å². The minimum atomic E-state index is -3.11. The van der Waals surface area contributed by atoms with Gasteiger partial charge in [-0.3, -0.25) is 0 Å². The van der Waals surface area contributed by atoms with Crippen LogP contribution >= 0.6 is 0 Å². The van der Waals surface area contributed by atoms with Crippen molar-refractivity contribution in [1.82, 2.24) is 5.32 Å². The number of hydrogen-bond acceptors (Lipinski definition) is 3. The minimum Gasteiger partial charge on any atom is -0.317 e. The number of benzene rings is 1. The van der Waals surface area contributed by atoms with Gasteiger partial charge in [0.15, 0.2) is 9.84 Å². The number of sulfone groups is 1. The molecule has 20 heavy (non-hydrogen) atoms.